The van der Waals surface area contributed by atoms with Crippen LogP contribution in [0, 0.1) is 12.8 Å². The molecule has 1 aromatic rings. The van der Waals surface area contributed by atoms with Crippen molar-refractivity contribution in [1.82, 2.24) is 0 Å². The molecule has 0 bridgehead atoms. The van der Waals surface area contributed by atoms with Gasteiger partial charge in [0.25, 0.3) is 0 Å². The zero-order valence-corrected chi connectivity index (χ0v) is 11.2. The Labute approximate surface area is 97.7 Å². The lowest BCUT2D eigenvalue weighted by Gasteiger charge is -2.02. The summed E-state index contributed by atoms with van der Waals surface area (Å²) in [6, 6.07) is 1.93. The Hall–Kier alpha value is -0.150. The van der Waals surface area contributed by atoms with Crippen LogP contribution in [-0.2, 0) is 0 Å². The fraction of sp³-hybridized carbons (Fsp3) is 0.545. The normalized spacial score (nSPS) is 10.9. The van der Waals surface area contributed by atoms with Gasteiger partial charge in [0.15, 0.2) is 5.78 Å². The first-order chi connectivity index (χ1) is 6.50. The van der Waals surface area contributed by atoms with Gasteiger partial charge in [0.1, 0.15) is 0 Å². The van der Waals surface area contributed by atoms with Crippen LogP contribution in [0.25, 0.3) is 0 Å². The number of aryl methyl sites for hydroxylation is 1. The topological polar surface area (TPSA) is 17.1 Å². The van der Waals surface area contributed by atoms with Crippen molar-refractivity contribution in [2.45, 2.75) is 33.6 Å². The first-order valence-corrected chi connectivity index (χ1v) is 6.40. The second-order valence-electron chi connectivity index (χ2n) is 3.88. The van der Waals surface area contributed by atoms with E-state index in [-0.39, 0.29) is 5.78 Å². The minimum Gasteiger partial charge on any atom is -0.294 e. The van der Waals surface area contributed by atoms with Gasteiger partial charge in [-0.2, -0.15) is 0 Å². The Morgan fingerprint density at radius 3 is 2.64 bits per heavy atom. The number of hydrogen-bond acceptors (Lipinski definition) is 2. The maximum atomic E-state index is 11.8. The molecule has 0 radical (unpaired) electrons. The molecule has 0 aliphatic rings. The molecule has 1 aromatic heterocycles. The van der Waals surface area contributed by atoms with E-state index in [9.17, 15) is 4.79 Å². The molecule has 0 saturated heterocycles. The minimum absolute atomic E-state index is 0.276. The predicted octanol–water partition coefficient (Wildman–Crippen LogP) is 4.44. The average Bonchev–Trinajstić information content (AvgIpc) is 2.41. The zero-order chi connectivity index (χ0) is 10.7. The summed E-state index contributed by atoms with van der Waals surface area (Å²) in [6.45, 7) is 6.28. The maximum absolute atomic E-state index is 11.8. The van der Waals surface area contributed by atoms with Crippen molar-refractivity contribution >= 4 is 33.0 Å². The van der Waals surface area contributed by atoms with Crippen LogP contribution in [0.3, 0.4) is 0 Å². The molecular formula is C11H15BrOS. The van der Waals surface area contributed by atoms with E-state index in [1.807, 2.05) is 13.0 Å². The highest BCUT2D eigenvalue weighted by Gasteiger charge is 2.12. The summed E-state index contributed by atoms with van der Waals surface area (Å²) in [6.07, 6.45) is 1.65. The molecule has 3 heteroatoms. The lowest BCUT2D eigenvalue weighted by Crippen LogP contribution is -2.01. The van der Waals surface area contributed by atoms with E-state index < -0.39 is 0 Å². The molecule has 1 heterocycles. The van der Waals surface area contributed by atoms with Crippen molar-refractivity contribution < 1.29 is 4.79 Å². The molecular weight excluding hydrogens is 260 g/mol. The Morgan fingerprint density at radius 1 is 1.57 bits per heavy atom. The summed E-state index contributed by atoms with van der Waals surface area (Å²) in [7, 11) is 0. The second kappa shape index (κ2) is 5.08. The number of thiophene rings is 1. The largest absolute Gasteiger partial charge is 0.294 e. The minimum atomic E-state index is 0.276. The van der Waals surface area contributed by atoms with Crippen molar-refractivity contribution in [2.75, 3.05) is 0 Å². The van der Waals surface area contributed by atoms with Gasteiger partial charge in [-0.25, -0.2) is 0 Å². The highest BCUT2D eigenvalue weighted by molar-refractivity contribution is 9.11. The van der Waals surface area contributed by atoms with Crippen LogP contribution in [0.1, 0.15) is 41.9 Å². The standard InChI is InChI=1S/C11H15BrOS/c1-7(2)4-5-10(13)9-6-11(12)14-8(9)3/h6-7H,4-5H2,1-3H3. The van der Waals surface area contributed by atoms with Crippen LogP contribution in [0.2, 0.25) is 0 Å². The van der Waals surface area contributed by atoms with Gasteiger partial charge in [-0.05, 0) is 41.3 Å². The van der Waals surface area contributed by atoms with Crippen molar-refractivity contribution in [3.8, 4) is 0 Å². The molecule has 1 nitrogen and oxygen atoms in total. The van der Waals surface area contributed by atoms with Gasteiger partial charge in [0, 0.05) is 16.9 Å². The van der Waals surface area contributed by atoms with Crippen LogP contribution in [-0.4, -0.2) is 5.78 Å². The smallest absolute Gasteiger partial charge is 0.164 e. The fourth-order valence-corrected chi connectivity index (χ4v) is 2.99. The monoisotopic (exact) mass is 274 g/mol. The predicted molar refractivity (Wildman–Crippen MR) is 65.2 cm³/mol. The molecule has 0 atom stereocenters. The number of hydrogen-bond donors (Lipinski definition) is 0. The second-order valence-corrected chi connectivity index (χ2v) is 6.51. The maximum Gasteiger partial charge on any atom is 0.164 e. The first kappa shape index (κ1) is 11.9. The molecule has 0 aromatic carbocycles. The third kappa shape index (κ3) is 3.21. The van der Waals surface area contributed by atoms with Crippen LogP contribution < -0.4 is 0 Å². The SMILES string of the molecule is Cc1sc(Br)cc1C(=O)CCC(C)C. The Balaban J connectivity index is 2.65. The molecule has 0 aliphatic carbocycles. The van der Waals surface area contributed by atoms with Crippen molar-refractivity contribution in [2.24, 2.45) is 5.92 Å². The van der Waals surface area contributed by atoms with E-state index >= 15 is 0 Å². The lowest BCUT2D eigenvalue weighted by molar-refractivity contribution is 0.0975. The summed E-state index contributed by atoms with van der Waals surface area (Å²) in [5.41, 5.74) is 0.891. The lowest BCUT2D eigenvalue weighted by atomic mass is 10.0. The van der Waals surface area contributed by atoms with E-state index in [1.54, 1.807) is 11.3 Å². The summed E-state index contributed by atoms with van der Waals surface area (Å²) >= 11 is 5.03. The van der Waals surface area contributed by atoms with Gasteiger partial charge >= 0.3 is 0 Å². The number of Topliss-reactive ketones (excluding diaryl/α,β-unsaturated/α-hetero) is 1. The summed E-state index contributed by atoms with van der Waals surface area (Å²) in [4.78, 5) is 12.9. The molecule has 0 spiro atoms. The number of halogens is 1. The number of rotatable bonds is 4. The fourth-order valence-electron chi connectivity index (χ4n) is 1.28. The third-order valence-corrected chi connectivity index (χ3v) is 3.69. The van der Waals surface area contributed by atoms with Gasteiger partial charge in [0.2, 0.25) is 0 Å². The molecule has 0 N–H and O–H groups in total. The summed E-state index contributed by atoms with van der Waals surface area (Å²) in [5.74, 6) is 0.875. The van der Waals surface area contributed by atoms with E-state index in [2.05, 4.69) is 29.8 Å². The molecule has 0 amide bonds. The van der Waals surface area contributed by atoms with Crippen LogP contribution in [0.5, 0.6) is 0 Å². The van der Waals surface area contributed by atoms with Gasteiger partial charge in [-0.1, -0.05) is 13.8 Å². The van der Waals surface area contributed by atoms with E-state index in [0.29, 0.717) is 12.3 Å². The van der Waals surface area contributed by atoms with Crippen LogP contribution in [0.4, 0.5) is 0 Å². The molecule has 1 rings (SSSR count). The molecule has 0 saturated carbocycles. The highest BCUT2D eigenvalue weighted by Crippen LogP contribution is 2.27. The van der Waals surface area contributed by atoms with E-state index in [0.717, 1.165) is 20.6 Å². The number of carbonyl (C=O) groups is 1. The van der Waals surface area contributed by atoms with Gasteiger partial charge in [-0.3, -0.25) is 4.79 Å². The quantitative estimate of drug-likeness (QED) is 0.742. The van der Waals surface area contributed by atoms with Gasteiger partial charge in [0.05, 0.1) is 3.79 Å². The molecule has 0 fully saturated rings. The summed E-state index contributed by atoms with van der Waals surface area (Å²) < 4.78 is 1.04. The molecule has 14 heavy (non-hydrogen) atoms. The summed E-state index contributed by atoms with van der Waals surface area (Å²) in [5, 5.41) is 0. The van der Waals surface area contributed by atoms with Crippen molar-refractivity contribution in [3.05, 3.63) is 20.3 Å². The molecule has 78 valence electrons. The highest BCUT2D eigenvalue weighted by atomic mass is 79.9. The van der Waals surface area contributed by atoms with Crippen LogP contribution >= 0.6 is 27.3 Å². The van der Waals surface area contributed by atoms with Crippen molar-refractivity contribution in [3.63, 3.8) is 0 Å². The van der Waals surface area contributed by atoms with Crippen LogP contribution in [0.15, 0.2) is 9.85 Å². The zero-order valence-electron chi connectivity index (χ0n) is 8.76. The Kier molecular flexibility index (Phi) is 4.32. The van der Waals surface area contributed by atoms with E-state index in [1.165, 1.54) is 0 Å². The van der Waals surface area contributed by atoms with Gasteiger partial charge < -0.3 is 0 Å². The Bertz CT molecular complexity index is 328. The third-order valence-electron chi connectivity index (χ3n) is 2.14. The van der Waals surface area contributed by atoms with Crippen molar-refractivity contribution in [1.29, 1.82) is 0 Å². The molecule has 0 unspecified atom stereocenters. The Morgan fingerprint density at radius 2 is 2.21 bits per heavy atom. The number of ketones is 1. The first-order valence-electron chi connectivity index (χ1n) is 4.80. The molecule has 0 aliphatic heterocycles. The average molecular weight is 275 g/mol. The van der Waals surface area contributed by atoms with Gasteiger partial charge in [-0.15, -0.1) is 11.3 Å². The van der Waals surface area contributed by atoms with E-state index in [4.69, 9.17) is 0 Å². The number of carbonyl (C=O) groups excluding carboxylic acids is 1.